The first-order valence-corrected chi connectivity index (χ1v) is 2.79. The summed E-state index contributed by atoms with van der Waals surface area (Å²) in [5, 5.41) is 8.85. The quantitative estimate of drug-likeness (QED) is 0.734. The zero-order valence-corrected chi connectivity index (χ0v) is 7.69. The highest BCUT2D eigenvalue weighted by atomic mass is 35.5. The fraction of sp³-hybridized carbons (Fsp3) is 0. The van der Waals surface area contributed by atoms with Gasteiger partial charge in [0.15, 0.2) is 0 Å². The second kappa shape index (κ2) is 5.69. The predicted octanol–water partition coefficient (Wildman–Crippen LogP) is 1.33. The Labute approximate surface area is 82.4 Å². The lowest BCUT2D eigenvalue weighted by atomic mass is 10.2. The van der Waals surface area contributed by atoms with Crippen LogP contribution in [0.2, 0.25) is 0 Å². The molecule has 0 aromatic heterocycles. The number of amides is 1. The van der Waals surface area contributed by atoms with E-state index < -0.39 is 5.91 Å². The molecule has 0 fully saturated rings. The van der Waals surface area contributed by atoms with Crippen molar-refractivity contribution in [2.45, 2.75) is 0 Å². The van der Waals surface area contributed by atoms with Crippen molar-refractivity contribution in [3.8, 4) is 5.75 Å². The molecule has 0 heterocycles. The van der Waals surface area contributed by atoms with Gasteiger partial charge < -0.3 is 10.8 Å². The lowest BCUT2D eigenvalue weighted by molar-refractivity contribution is 0.1000. The van der Waals surface area contributed by atoms with Crippen LogP contribution >= 0.6 is 24.8 Å². The van der Waals surface area contributed by atoms with Gasteiger partial charge >= 0.3 is 0 Å². The molecule has 3 nitrogen and oxygen atoms in total. The Morgan fingerprint density at radius 1 is 1.33 bits per heavy atom. The maximum Gasteiger partial charge on any atom is 0.248 e. The summed E-state index contributed by atoms with van der Waals surface area (Å²) >= 11 is 0. The van der Waals surface area contributed by atoms with E-state index >= 15 is 0 Å². The first-order valence-electron chi connectivity index (χ1n) is 2.79. The van der Waals surface area contributed by atoms with E-state index in [0.717, 1.165) is 0 Å². The number of hydrogen-bond donors (Lipinski definition) is 2. The van der Waals surface area contributed by atoms with E-state index in [1.54, 1.807) is 12.1 Å². The van der Waals surface area contributed by atoms with E-state index in [-0.39, 0.29) is 30.6 Å². The lowest BCUT2D eigenvalue weighted by Gasteiger charge is -1.93. The van der Waals surface area contributed by atoms with E-state index in [1.807, 2.05) is 0 Å². The Balaban J connectivity index is 0. The molecular weight excluding hydrogens is 201 g/mol. The minimum Gasteiger partial charge on any atom is -0.508 e. The van der Waals surface area contributed by atoms with Crippen molar-refractivity contribution in [2.24, 2.45) is 5.73 Å². The van der Waals surface area contributed by atoms with Crippen molar-refractivity contribution in [1.29, 1.82) is 0 Å². The molecule has 1 aromatic rings. The summed E-state index contributed by atoms with van der Waals surface area (Å²) in [6.45, 7) is 0. The molecule has 0 aliphatic carbocycles. The summed E-state index contributed by atoms with van der Waals surface area (Å²) in [7, 11) is 0. The second-order valence-corrected chi connectivity index (χ2v) is 1.91. The number of phenols is 1. The van der Waals surface area contributed by atoms with Gasteiger partial charge in [-0.15, -0.1) is 24.8 Å². The molecule has 3 N–H and O–H groups in total. The number of benzene rings is 1. The summed E-state index contributed by atoms with van der Waals surface area (Å²) in [6, 6.07) is 5.91. The zero-order valence-electron chi connectivity index (χ0n) is 6.06. The number of aromatic hydroxyl groups is 1. The van der Waals surface area contributed by atoms with Gasteiger partial charge in [0.25, 0.3) is 0 Å². The molecular formula is C7H9Cl2NO2. The summed E-state index contributed by atoms with van der Waals surface area (Å²) in [6.07, 6.45) is 0. The van der Waals surface area contributed by atoms with E-state index in [9.17, 15) is 4.79 Å². The number of halogens is 2. The van der Waals surface area contributed by atoms with Crippen LogP contribution in [0.3, 0.4) is 0 Å². The molecule has 1 rings (SSSR count). The van der Waals surface area contributed by atoms with Gasteiger partial charge in [-0.2, -0.15) is 0 Å². The summed E-state index contributed by atoms with van der Waals surface area (Å²) < 4.78 is 0. The molecule has 0 aliphatic heterocycles. The normalized spacial score (nSPS) is 7.67. The molecule has 0 spiro atoms. The summed E-state index contributed by atoms with van der Waals surface area (Å²) in [5.74, 6) is -0.479. The molecule has 0 atom stereocenters. The molecule has 0 unspecified atom stereocenters. The van der Waals surface area contributed by atoms with Crippen LogP contribution in [0, 0.1) is 0 Å². The van der Waals surface area contributed by atoms with Crippen molar-refractivity contribution in [3.05, 3.63) is 29.8 Å². The molecule has 68 valence electrons. The number of hydrogen-bond acceptors (Lipinski definition) is 2. The highest BCUT2D eigenvalue weighted by Gasteiger charge is 1.98. The largest absolute Gasteiger partial charge is 0.508 e. The number of carbonyl (C=O) groups excluding carboxylic acids is 1. The number of rotatable bonds is 1. The van der Waals surface area contributed by atoms with Crippen LogP contribution in [0.5, 0.6) is 5.75 Å². The van der Waals surface area contributed by atoms with Crippen LogP contribution in [0.15, 0.2) is 24.3 Å². The van der Waals surface area contributed by atoms with Crippen LogP contribution in [0.1, 0.15) is 10.4 Å². The summed E-state index contributed by atoms with van der Waals surface area (Å²) in [5.41, 5.74) is 5.25. The van der Waals surface area contributed by atoms with E-state index in [0.29, 0.717) is 5.56 Å². The number of nitrogens with two attached hydrogens (primary N) is 1. The van der Waals surface area contributed by atoms with Crippen molar-refractivity contribution < 1.29 is 9.90 Å². The third-order valence-electron chi connectivity index (χ3n) is 1.13. The number of primary amides is 1. The number of phenolic OH excluding ortho intramolecular Hbond substituents is 1. The Hall–Kier alpha value is -0.930. The van der Waals surface area contributed by atoms with Crippen LogP contribution in [0.25, 0.3) is 0 Å². The van der Waals surface area contributed by atoms with Gasteiger partial charge in [0.1, 0.15) is 5.75 Å². The lowest BCUT2D eigenvalue weighted by Crippen LogP contribution is -2.10. The third kappa shape index (κ3) is 3.46. The molecule has 1 aromatic carbocycles. The first-order chi connectivity index (χ1) is 4.70. The van der Waals surface area contributed by atoms with Crippen molar-refractivity contribution >= 4 is 30.7 Å². The Kier molecular flexibility index (Phi) is 6.47. The molecule has 0 aliphatic rings. The van der Waals surface area contributed by atoms with E-state index in [1.165, 1.54) is 12.1 Å². The van der Waals surface area contributed by atoms with Gasteiger partial charge in [-0.1, -0.05) is 6.07 Å². The van der Waals surface area contributed by atoms with Crippen molar-refractivity contribution in [3.63, 3.8) is 0 Å². The van der Waals surface area contributed by atoms with Gasteiger partial charge in [-0.3, -0.25) is 4.79 Å². The van der Waals surface area contributed by atoms with Gasteiger partial charge in [0.05, 0.1) is 0 Å². The Bertz CT molecular complexity index is 265. The van der Waals surface area contributed by atoms with Crippen LogP contribution < -0.4 is 5.73 Å². The average Bonchev–Trinajstić information content (AvgIpc) is 1.88. The van der Waals surface area contributed by atoms with Crippen molar-refractivity contribution in [1.82, 2.24) is 0 Å². The molecule has 0 saturated carbocycles. The van der Waals surface area contributed by atoms with E-state index in [4.69, 9.17) is 10.8 Å². The highest BCUT2D eigenvalue weighted by Crippen LogP contribution is 2.09. The van der Waals surface area contributed by atoms with Gasteiger partial charge in [-0.05, 0) is 18.2 Å². The molecule has 0 radical (unpaired) electrons. The second-order valence-electron chi connectivity index (χ2n) is 1.91. The first kappa shape index (κ1) is 13.6. The Morgan fingerprint density at radius 2 is 1.92 bits per heavy atom. The molecule has 0 saturated heterocycles. The molecule has 12 heavy (non-hydrogen) atoms. The van der Waals surface area contributed by atoms with Crippen LogP contribution in [-0.4, -0.2) is 11.0 Å². The van der Waals surface area contributed by atoms with Gasteiger partial charge in [0.2, 0.25) is 5.91 Å². The fourth-order valence-corrected chi connectivity index (χ4v) is 0.659. The third-order valence-corrected chi connectivity index (χ3v) is 1.13. The topological polar surface area (TPSA) is 63.3 Å². The van der Waals surface area contributed by atoms with Gasteiger partial charge in [-0.25, -0.2) is 0 Å². The smallest absolute Gasteiger partial charge is 0.248 e. The Morgan fingerprint density at radius 3 is 2.25 bits per heavy atom. The minimum absolute atomic E-state index is 0. The van der Waals surface area contributed by atoms with Crippen LogP contribution in [-0.2, 0) is 0 Å². The molecule has 1 amide bonds. The summed E-state index contributed by atoms with van der Waals surface area (Å²) in [4.78, 5) is 10.5. The average molecular weight is 210 g/mol. The standard InChI is InChI=1S/C7H7NO2.2ClH/c8-7(10)5-2-1-3-6(9)4-5;;/h1-4,9H,(H2,8,10);2*1H. The minimum atomic E-state index is -0.532. The van der Waals surface area contributed by atoms with Crippen molar-refractivity contribution in [2.75, 3.05) is 0 Å². The number of carbonyl (C=O) groups is 1. The monoisotopic (exact) mass is 209 g/mol. The maximum atomic E-state index is 10.5. The van der Waals surface area contributed by atoms with Gasteiger partial charge in [0, 0.05) is 5.56 Å². The molecule has 5 heteroatoms. The maximum absolute atomic E-state index is 10.5. The van der Waals surface area contributed by atoms with E-state index in [2.05, 4.69) is 0 Å². The molecule has 0 bridgehead atoms. The SMILES string of the molecule is Cl.Cl.NC(=O)c1cccc(O)c1. The highest BCUT2D eigenvalue weighted by molar-refractivity contribution is 5.93. The zero-order chi connectivity index (χ0) is 7.56. The fourth-order valence-electron chi connectivity index (χ4n) is 0.659. The van der Waals surface area contributed by atoms with Crippen LogP contribution in [0.4, 0.5) is 0 Å². The predicted molar refractivity (Wildman–Crippen MR) is 51.1 cm³/mol.